The van der Waals surface area contributed by atoms with Gasteiger partial charge in [-0.25, -0.2) is 8.42 Å². The second-order valence-corrected chi connectivity index (χ2v) is 6.62. The van der Waals surface area contributed by atoms with E-state index in [1.807, 2.05) is 13.0 Å². The molecule has 110 valence electrons. The van der Waals surface area contributed by atoms with Crippen LogP contribution >= 0.6 is 0 Å². The van der Waals surface area contributed by atoms with Crippen LogP contribution in [0.1, 0.15) is 26.7 Å². The van der Waals surface area contributed by atoms with Gasteiger partial charge in [0.25, 0.3) is 0 Å². The van der Waals surface area contributed by atoms with E-state index in [4.69, 9.17) is 5.26 Å². The summed E-state index contributed by atoms with van der Waals surface area (Å²) in [6.07, 6.45) is 1.08. The van der Waals surface area contributed by atoms with Crippen molar-refractivity contribution < 1.29 is 8.42 Å². The molecule has 0 amide bonds. The van der Waals surface area contributed by atoms with Crippen molar-refractivity contribution in [1.29, 1.82) is 5.26 Å². The van der Waals surface area contributed by atoms with Crippen LogP contribution in [0.5, 0.6) is 0 Å². The Bertz CT molecular complexity index is 578. The van der Waals surface area contributed by atoms with Crippen LogP contribution in [0.2, 0.25) is 0 Å². The predicted octanol–water partition coefficient (Wildman–Crippen LogP) is 2.43. The maximum Gasteiger partial charge on any atom is 0.245 e. The summed E-state index contributed by atoms with van der Waals surface area (Å²) in [5.74, 6) is 0. The first-order valence-corrected chi connectivity index (χ1v) is 8.07. The highest BCUT2D eigenvalue weighted by atomic mass is 32.2. The van der Waals surface area contributed by atoms with Gasteiger partial charge in [-0.15, -0.1) is 0 Å². The Morgan fingerprint density at radius 2 is 2.05 bits per heavy atom. The molecule has 1 aromatic carbocycles. The molecule has 0 heterocycles. The molecule has 0 spiro atoms. The molecular weight excluding hydrogens is 274 g/mol. The summed E-state index contributed by atoms with van der Waals surface area (Å²) in [6, 6.07) is 8.49. The standard InChI is InChI=1S/C14H21N3O2S/c1-4-11-16-13-7-5-6-8-14(13)20(18,19)17(3)12(2)9-10-15/h5-8,12,16H,4,9,11H2,1-3H3. The van der Waals surface area contributed by atoms with Gasteiger partial charge in [0.1, 0.15) is 4.90 Å². The zero-order valence-electron chi connectivity index (χ0n) is 12.1. The van der Waals surface area contributed by atoms with Crippen molar-refractivity contribution in [3.05, 3.63) is 24.3 Å². The topological polar surface area (TPSA) is 73.2 Å². The number of para-hydroxylation sites is 1. The zero-order chi connectivity index (χ0) is 15.2. The van der Waals surface area contributed by atoms with Crippen molar-refractivity contribution in [2.75, 3.05) is 18.9 Å². The zero-order valence-corrected chi connectivity index (χ0v) is 12.9. The number of hydrogen-bond donors (Lipinski definition) is 1. The van der Waals surface area contributed by atoms with E-state index in [0.29, 0.717) is 12.2 Å². The highest BCUT2D eigenvalue weighted by molar-refractivity contribution is 7.89. The first-order chi connectivity index (χ1) is 9.45. The van der Waals surface area contributed by atoms with E-state index in [2.05, 4.69) is 5.32 Å². The Kier molecular flexibility index (Phi) is 5.99. The van der Waals surface area contributed by atoms with Gasteiger partial charge in [0.05, 0.1) is 18.2 Å². The van der Waals surface area contributed by atoms with E-state index < -0.39 is 10.0 Å². The summed E-state index contributed by atoms with van der Waals surface area (Å²) >= 11 is 0. The van der Waals surface area contributed by atoms with Gasteiger partial charge in [0, 0.05) is 19.6 Å². The third-order valence-corrected chi connectivity index (χ3v) is 5.15. The van der Waals surface area contributed by atoms with Gasteiger partial charge in [0.2, 0.25) is 10.0 Å². The Morgan fingerprint density at radius 3 is 2.65 bits per heavy atom. The smallest absolute Gasteiger partial charge is 0.245 e. The molecule has 1 N–H and O–H groups in total. The Labute approximate surface area is 121 Å². The van der Waals surface area contributed by atoms with Crippen molar-refractivity contribution >= 4 is 15.7 Å². The van der Waals surface area contributed by atoms with Crippen molar-refractivity contribution in [1.82, 2.24) is 4.31 Å². The van der Waals surface area contributed by atoms with Gasteiger partial charge in [-0.1, -0.05) is 19.1 Å². The van der Waals surface area contributed by atoms with Gasteiger partial charge in [-0.3, -0.25) is 0 Å². The van der Waals surface area contributed by atoms with Gasteiger partial charge in [0.15, 0.2) is 0 Å². The minimum Gasteiger partial charge on any atom is -0.384 e. The molecule has 0 saturated heterocycles. The number of anilines is 1. The summed E-state index contributed by atoms with van der Waals surface area (Å²) in [5, 5.41) is 11.8. The van der Waals surface area contributed by atoms with Gasteiger partial charge >= 0.3 is 0 Å². The lowest BCUT2D eigenvalue weighted by Gasteiger charge is -2.23. The van der Waals surface area contributed by atoms with Crippen LogP contribution in [0.15, 0.2) is 29.2 Å². The first-order valence-electron chi connectivity index (χ1n) is 6.63. The van der Waals surface area contributed by atoms with E-state index in [1.54, 1.807) is 31.2 Å². The van der Waals surface area contributed by atoms with Crippen LogP contribution < -0.4 is 5.32 Å². The Balaban J connectivity index is 3.12. The van der Waals surface area contributed by atoms with Crippen LogP contribution in [0.4, 0.5) is 5.69 Å². The fourth-order valence-electron chi connectivity index (χ4n) is 1.75. The molecule has 0 bridgehead atoms. The molecule has 0 aliphatic carbocycles. The molecule has 0 radical (unpaired) electrons. The lowest BCUT2D eigenvalue weighted by molar-refractivity contribution is 0.393. The monoisotopic (exact) mass is 295 g/mol. The van der Waals surface area contributed by atoms with E-state index in [-0.39, 0.29) is 17.4 Å². The normalized spacial score (nSPS) is 12.9. The van der Waals surface area contributed by atoms with E-state index in [0.717, 1.165) is 6.42 Å². The summed E-state index contributed by atoms with van der Waals surface area (Å²) < 4.78 is 26.5. The largest absolute Gasteiger partial charge is 0.384 e. The maximum absolute atomic E-state index is 12.6. The number of nitrogens with one attached hydrogen (secondary N) is 1. The molecule has 1 aromatic rings. The number of benzene rings is 1. The predicted molar refractivity (Wildman–Crippen MR) is 79.9 cm³/mol. The first kappa shape index (κ1) is 16.5. The fraction of sp³-hybridized carbons (Fsp3) is 0.500. The Hall–Kier alpha value is -1.58. The van der Waals surface area contributed by atoms with Crippen LogP contribution in [0.3, 0.4) is 0 Å². The highest BCUT2D eigenvalue weighted by Crippen LogP contribution is 2.25. The lowest BCUT2D eigenvalue weighted by atomic mass is 10.3. The second-order valence-electron chi connectivity index (χ2n) is 4.66. The molecule has 5 nitrogen and oxygen atoms in total. The van der Waals surface area contributed by atoms with Gasteiger partial charge < -0.3 is 5.32 Å². The summed E-state index contributed by atoms with van der Waals surface area (Å²) in [7, 11) is -2.09. The number of nitrogens with zero attached hydrogens (tertiary/aromatic N) is 2. The number of sulfonamides is 1. The quantitative estimate of drug-likeness (QED) is 0.838. The number of nitriles is 1. The molecule has 0 fully saturated rings. The van der Waals surface area contributed by atoms with Crippen LogP contribution in [-0.4, -0.2) is 32.4 Å². The molecule has 1 rings (SSSR count). The second kappa shape index (κ2) is 7.27. The molecule has 0 saturated carbocycles. The summed E-state index contributed by atoms with van der Waals surface area (Å²) in [4.78, 5) is 0.251. The molecule has 20 heavy (non-hydrogen) atoms. The van der Waals surface area contributed by atoms with Crippen molar-refractivity contribution in [2.24, 2.45) is 0 Å². The third-order valence-electron chi connectivity index (χ3n) is 3.12. The molecule has 0 aliphatic heterocycles. The van der Waals surface area contributed by atoms with Crippen molar-refractivity contribution in [3.63, 3.8) is 0 Å². The van der Waals surface area contributed by atoms with E-state index >= 15 is 0 Å². The molecule has 0 aromatic heterocycles. The average molecular weight is 295 g/mol. The van der Waals surface area contributed by atoms with Crippen LogP contribution in [-0.2, 0) is 10.0 Å². The minimum atomic E-state index is -3.60. The fourth-order valence-corrected chi connectivity index (χ4v) is 3.28. The molecular formula is C14H21N3O2S. The van der Waals surface area contributed by atoms with E-state index in [9.17, 15) is 8.42 Å². The van der Waals surface area contributed by atoms with Crippen molar-refractivity contribution in [2.45, 2.75) is 37.6 Å². The third kappa shape index (κ3) is 3.71. The van der Waals surface area contributed by atoms with Crippen molar-refractivity contribution in [3.8, 4) is 6.07 Å². The highest BCUT2D eigenvalue weighted by Gasteiger charge is 2.27. The van der Waals surface area contributed by atoms with E-state index in [1.165, 1.54) is 11.4 Å². The molecule has 0 aliphatic rings. The molecule has 1 unspecified atom stereocenters. The van der Waals surface area contributed by atoms with Crippen LogP contribution in [0, 0.1) is 11.3 Å². The summed E-state index contributed by atoms with van der Waals surface area (Å²) in [6.45, 7) is 4.46. The average Bonchev–Trinajstić information content (AvgIpc) is 2.44. The minimum absolute atomic E-state index is 0.167. The van der Waals surface area contributed by atoms with Crippen LogP contribution in [0.25, 0.3) is 0 Å². The van der Waals surface area contributed by atoms with Gasteiger partial charge in [-0.05, 0) is 25.5 Å². The molecule has 1 atom stereocenters. The maximum atomic E-state index is 12.6. The number of hydrogen-bond acceptors (Lipinski definition) is 4. The SMILES string of the molecule is CCCNc1ccccc1S(=O)(=O)N(C)C(C)CC#N. The lowest BCUT2D eigenvalue weighted by Crippen LogP contribution is -2.35. The molecule has 6 heteroatoms. The van der Waals surface area contributed by atoms with Gasteiger partial charge in [-0.2, -0.15) is 9.57 Å². The Morgan fingerprint density at radius 1 is 1.40 bits per heavy atom. The number of rotatable bonds is 7. The summed E-state index contributed by atoms with van der Waals surface area (Å²) in [5.41, 5.74) is 0.602.